The second-order valence-electron chi connectivity index (χ2n) is 5.98. The van der Waals surface area contributed by atoms with Crippen LogP contribution in [0.2, 0.25) is 0 Å². The van der Waals surface area contributed by atoms with Crippen molar-refractivity contribution >= 4 is 17.5 Å². The highest BCUT2D eigenvalue weighted by Gasteiger charge is 2.57. The van der Waals surface area contributed by atoms with Gasteiger partial charge in [-0.1, -0.05) is 24.3 Å². The van der Waals surface area contributed by atoms with Gasteiger partial charge in [0, 0.05) is 0 Å². The molecular formula is C17H14N2O2. The smallest absolute Gasteiger partial charge is 0.238 e. The SMILES string of the molecule is N#Cc1ccccc1N1C(=O)[C@@H]2[C@H](C1=O)[C@@H]1C=C[C@H]2CC1. The Labute approximate surface area is 122 Å². The lowest BCUT2D eigenvalue weighted by Crippen LogP contribution is -2.38. The second kappa shape index (κ2) is 4.29. The van der Waals surface area contributed by atoms with Crippen LogP contribution in [0.5, 0.6) is 0 Å². The molecule has 1 heterocycles. The standard InChI is InChI=1S/C17H14N2O2/c18-9-12-3-1-2-4-13(12)19-16(20)14-10-5-6-11(8-7-10)15(14)17(19)21/h1-6,10-11,14-15H,7-8H2/t10-,11+,14-,15+. The quantitative estimate of drug-likeness (QED) is 0.584. The van der Waals surface area contributed by atoms with E-state index >= 15 is 0 Å². The molecule has 4 aliphatic rings. The average Bonchev–Trinajstić information content (AvgIpc) is 2.82. The fraction of sp³-hybridized carbons (Fsp3) is 0.353. The van der Waals surface area contributed by atoms with E-state index < -0.39 is 0 Å². The van der Waals surface area contributed by atoms with Crippen molar-refractivity contribution in [1.82, 2.24) is 0 Å². The van der Waals surface area contributed by atoms with E-state index in [0.717, 1.165) is 12.8 Å². The molecule has 0 aromatic heterocycles. The summed E-state index contributed by atoms with van der Waals surface area (Å²) in [5.41, 5.74) is 0.807. The summed E-state index contributed by atoms with van der Waals surface area (Å²) < 4.78 is 0. The summed E-state index contributed by atoms with van der Waals surface area (Å²) in [5.74, 6) is -0.370. The van der Waals surface area contributed by atoms with Gasteiger partial charge < -0.3 is 0 Å². The van der Waals surface area contributed by atoms with E-state index in [1.165, 1.54) is 4.90 Å². The summed E-state index contributed by atoms with van der Waals surface area (Å²) in [5, 5.41) is 9.21. The Morgan fingerprint density at radius 3 is 2.10 bits per heavy atom. The summed E-state index contributed by atoms with van der Waals surface area (Å²) in [4.78, 5) is 26.8. The lowest BCUT2D eigenvalue weighted by molar-refractivity contribution is -0.124. The van der Waals surface area contributed by atoms with E-state index in [4.69, 9.17) is 0 Å². The normalized spacial score (nSPS) is 33.2. The third-order valence-electron chi connectivity index (χ3n) is 5.02. The Morgan fingerprint density at radius 2 is 1.57 bits per heavy atom. The molecule has 2 amide bonds. The van der Waals surface area contributed by atoms with E-state index in [1.807, 2.05) is 0 Å². The largest absolute Gasteiger partial charge is 0.274 e. The highest BCUT2D eigenvalue weighted by molar-refractivity contribution is 6.23. The van der Waals surface area contributed by atoms with Crippen molar-refractivity contribution in [3.8, 4) is 6.07 Å². The minimum Gasteiger partial charge on any atom is -0.274 e. The molecule has 0 radical (unpaired) electrons. The molecule has 3 aliphatic carbocycles. The molecular weight excluding hydrogens is 264 g/mol. The van der Waals surface area contributed by atoms with Crippen LogP contribution in [0.1, 0.15) is 18.4 Å². The molecule has 21 heavy (non-hydrogen) atoms. The number of hydrogen-bond donors (Lipinski definition) is 0. The van der Waals surface area contributed by atoms with Crippen molar-refractivity contribution < 1.29 is 9.59 Å². The van der Waals surface area contributed by atoms with Gasteiger partial charge in [-0.25, -0.2) is 4.90 Å². The van der Waals surface area contributed by atoms with Gasteiger partial charge in [-0.3, -0.25) is 9.59 Å². The Hall–Kier alpha value is -2.41. The molecule has 1 saturated heterocycles. The highest BCUT2D eigenvalue weighted by atomic mass is 16.2. The third kappa shape index (κ3) is 1.55. The van der Waals surface area contributed by atoms with Gasteiger partial charge in [0.15, 0.2) is 0 Å². The van der Waals surface area contributed by atoms with Crippen LogP contribution in [0.25, 0.3) is 0 Å². The summed E-state index contributed by atoms with van der Waals surface area (Å²) in [6, 6.07) is 8.89. The number of hydrogen-bond acceptors (Lipinski definition) is 3. The molecule has 2 bridgehead atoms. The lowest BCUT2D eigenvalue weighted by atomic mass is 9.63. The first-order chi connectivity index (χ1) is 10.2. The molecule has 5 rings (SSSR count). The topological polar surface area (TPSA) is 61.2 Å². The van der Waals surface area contributed by atoms with Gasteiger partial charge in [-0.05, 0) is 36.8 Å². The van der Waals surface area contributed by atoms with Gasteiger partial charge >= 0.3 is 0 Å². The minimum absolute atomic E-state index is 0.133. The van der Waals surface area contributed by atoms with Gasteiger partial charge in [0.05, 0.1) is 23.1 Å². The van der Waals surface area contributed by atoms with Crippen molar-refractivity contribution in [1.29, 1.82) is 5.26 Å². The van der Waals surface area contributed by atoms with Crippen molar-refractivity contribution in [2.75, 3.05) is 4.90 Å². The minimum atomic E-state index is -0.229. The maximum Gasteiger partial charge on any atom is 0.238 e. The second-order valence-corrected chi connectivity index (χ2v) is 5.98. The first kappa shape index (κ1) is 12.3. The van der Waals surface area contributed by atoms with Crippen LogP contribution in [0.15, 0.2) is 36.4 Å². The van der Waals surface area contributed by atoms with E-state index in [0.29, 0.717) is 11.3 Å². The predicted octanol–water partition coefficient (Wildman–Crippen LogP) is 2.26. The third-order valence-corrected chi connectivity index (χ3v) is 5.02. The number of anilines is 1. The number of rotatable bonds is 1. The maximum absolute atomic E-state index is 12.8. The number of benzene rings is 1. The molecule has 0 N–H and O–H groups in total. The van der Waals surface area contributed by atoms with Gasteiger partial charge in [0.2, 0.25) is 11.8 Å². The van der Waals surface area contributed by atoms with Crippen molar-refractivity contribution in [3.63, 3.8) is 0 Å². The van der Waals surface area contributed by atoms with E-state index in [1.54, 1.807) is 24.3 Å². The molecule has 104 valence electrons. The number of carbonyl (C=O) groups is 2. The van der Waals surface area contributed by atoms with Gasteiger partial charge in [0.25, 0.3) is 0 Å². The van der Waals surface area contributed by atoms with Crippen LogP contribution in [0.4, 0.5) is 5.69 Å². The molecule has 0 unspecified atom stereocenters. The van der Waals surface area contributed by atoms with Gasteiger partial charge in [-0.2, -0.15) is 5.26 Å². The highest BCUT2D eigenvalue weighted by Crippen LogP contribution is 2.50. The van der Waals surface area contributed by atoms with Crippen LogP contribution in [0.3, 0.4) is 0 Å². The average molecular weight is 278 g/mol. The summed E-state index contributed by atoms with van der Waals surface area (Å²) in [6.07, 6.45) is 6.16. The fourth-order valence-electron chi connectivity index (χ4n) is 4.07. The van der Waals surface area contributed by atoms with Crippen molar-refractivity contribution in [3.05, 3.63) is 42.0 Å². The molecule has 2 fully saturated rings. The first-order valence-corrected chi connectivity index (χ1v) is 7.27. The molecule has 1 aromatic rings. The zero-order valence-corrected chi connectivity index (χ0v) is 11.4. The summed E-state index contributed by atoms with van der Waals surface area (Å²) >= 11 is 0. The molecule has 1 aromatic carbocycles. The predicted molar refractivity (Wildman–Crippen MR) is 76.0 cm³/mol. The summed E-state index contributed by atoms with van der Waals surface area (Å²) in [6.45, 7) is 0. The number of imide groups is 1. The number of amides is 2. The molecule has 4 heteroatoms. The number of allylic oxidation sites excluding steroid dienone is 2. The number of fused-ring (bicyclic) bond motifs is 1. The molecule has 4 atom stereocenters. The zero-order valence-electron chi connectivity index (χ0n) is 11.4. The van der Waals surface area contributed by atoms with E-state index in [9.17, 15) is 14.9 Å². The van der Waals surface area contributed by atoms with E-state index in [-0.39, 0.29) is 35.5 Å². The lowest BCUT2D eigenvalue weighted by Gasteiger charge is -2.38. The molecule has 4 nitrogen and oxygen atoms in total. The number of nitriles is 1. The Bertz CT molecular complexity index is 684. The van der Waals surface area contributed by atoms with Crippen LogP contribution in [0, 0.1) is 35.0 Å². The summed E-state index contributed by atoms with van der Waals surface area (Å²) in [7, 11) is 0. The zero-order chi connectivity index (χ0) is 14.6. The number of nitrogens with zero attached hydrogens (tertiary/aromatic N) is 2. The van der Waals surface area contributed by atoms with Crippen LogP contribution < -0.4 is 4.90 Å². The van der Waals surface area contributed by atoms with Crippen LogP contribution in [-0.4, -0.2) is 11.8 Å². The Morgan fingerprint density at radius 1 is 1.00 bits per heavy atom. The molecule has 1 saturated carbocycles. The molecule has 1 aliphatic heterocycles. The van der Waals surface area contributed by atoms with E-state index in [2.05, 4.69) is 18.2 Å². The number of carbonyl (C=O) groups excluding carboxylic acids is 2. The van der Waals surface area contributed by atoms with Crippen molar-refractivity contribution in [2.45, 2.75) is 12.8 Å². The Kier molecular flexibility index (Phi) is 2.52. The van der Waals surface area contributed by atoms with Crippen LogP contribution in [-0.2, 0) is 9.59 Å². The Balaban J connectivity index is 1.81. The van der Waals surface area contributed by atoms with Gasteiger partial charge in [-0.15, -0.1) is 0 Å². The maximum atomic E-state index is 12.8. The molecule has 0 spiro atoms. The van der Waals surface area contributed by atoms with Crippen LogP contribution >= 0.6 is 0 Å². The monoisotopic (exact) mass is 278 g/mol. The fourth-order valence-corrected chi connectivity index (χ4v) is 4.07. The number of para-hydroxylation sites is 1. The van der Waals surface area contributed by atoms with Gasteiger partial charge in [0.1, 0.15) is 6.07 Å². The van der Waals surface area contributed by atoms with Crippen molar-refractivity contribution in [2.24, 2.45) is 23.7 Å². The first-order valence-electron chi connectivity index (χ1n) is 7.27.